The third-order valence-electron chi connectivity index (χ3n) is 5.20. The lowest BCUT2D eigenvalue weighted by molar-refractivity contribution is 1.27. The molecule has 0 spiro atoms. The van der Waals surface area contributed by atoms with Crippen LogP contribution in [0.5, 0.6) is 0 Å². The molecule has 0 aliphatic carbocycles. The van der Waals surface area contributed by atoms with E-state index in [1.807, 2.05) is 0 Å². The summed E-state index contributed by atoms with van der Waals surface area (Å²) in [5.74, 6) is 0. The molecule has 0 atom stereocenters. The minimum absolute atomic E-state index is 0.285. The van der Waals surface area contributed by atoms with Crippen molar-refractivity contribution in [2.24, 2.45) is 0 Å². The molecule has 0 saturated heterocycles. The molecule has 8 heteroatoms. The number of nitrogens with zero attached hydrogens (tertiary/aromatic N) is 6. The number of aromatic nitrogens is 4. The molecule has 2 N–H and O–H groups in total. The highest BCUT2D eigenvalue weighted by molar-refractivity contribution is 5.86. The summed E-state index contributed by atoms with van der Waals surface area (Å²) >= 11 is 0. The third kappa shape index (κ3) is 2.74. The molecule has 0 amide bonds. The maximum Gasteiger partial charge on any atom is 0.104 e. The van der Waals surface area contributed by atoms with Gasteiger partial charge in [-0.3, -0.25) is 0 Å². The summed E-state index contributed by atoms with van der Waals surface area (Å²) in [7, 11) is 0. The molecule has 146 valence electrons. The number of hydrogen-bond acceptors (Lipinski definition) is 6. The molecular weight excluding hydrogens is 400 g/mol. The van der Waals surface area contributed by atoms with Gasteiger partial charge < -0.3 is 9.97 Å². The van der Waals surface area contributed by atoms with Gasteiger partial charge in [0.05, 0.1) is 44.8 Å². The predicted molar refractivity (Wildman–Crippen MR) is 118 cm³/mol. The van der Waals surface area contributed by atoms with E-state index in [1.165, 1.54) is 0 Å². The van der Waals surface area contributed by atoms with E-state index >= 15 is 0 Å². The van der Waals surface area contributed by atoms with Gasteiger partial charge in [-0.1, -0.05) is 0 Å². The van der Waals surface area contributed by atoms with Crippen molar-refractivity contribution in [3.63, 3.8) is 0 Å². The average molecular weight is 410 g/mol. The summed E-state index contributed by atoms with van der Waals surface area (Å²) < 4.78 is 0. The van der Waals surface area contributed by atoms with Crippen LogP contribution in [0, 0.1) is 45.3 Å². The fourth-order valence-corrected chi connectivity index (χ4v) is 3.68. The largest absolute Gasteiger partial charge is 0.353 e. The molecule has 0 fully saturated rings. The molecule has 5 heterocycles. The van der Waals surface area contributed by atoms with Crippen molar-refractivity contribution in [1.82, 2.24) is 19.9 Å². The quantitative estimate of drug-likeness (QED) is 0.391. The second kappa shape index (κ2) is 7.11. The minimum atomic E-state index is 0.285. The first-order valence-corrected chi connectivity index (χ1v) is 9.43. The molecule has 0 aromatic carbocycles. The highest BCUT2D eigenvalue weighted by atomic mass is 14.8. The molecule has 0 saturated carbocycles. The van der Waals surface area contributed by atoms with Crippen molar-refractivity contribution in [3.8, 4) is 24.3 Å². The van der Waals surface area contributed by atoms with Gasteiger partial charge in [-0.25, -0.2) is 9.97 Å². The second-order valence-corrected chi connectivity index (χ2v) is 6.95. The molecule has 5 rings (SSSR count). The zero-order valence-electron chi connectivity index (χ0n) is 16.3. The normalized spacial score (nSPS) is 11.4. The Kier molecular flexibility index (Phi) is 4.13. The molecule has 0 unspecified atom stereocenters. The Morgan fingerprint density at radius 2 is 0.719 bits per heavy atom. The van der Waals surface area contributed by atoms with Gasteiger partial charge in [0.1, 0.15) is 46.5 Å². The van der Waals surface area contributed by atoms with Gasteiger partial charge >= 0.3 is 0 Å². The van der Waals surface area contributed by atoms with Gasteiger partial charge in [0.15, 0.2) is 0 Å². The van der Waals surface area contributed by atoms with Crippen molar-refractivity contribution in [3.05, 3.63) is 69.3 Å². The summed E-state index contributed by atoms with van der Waals surface area (Å²) in [6.07, 6.45) is 6.67. The van der Waals surface area contributed by atoms with E-state index in [9.17, 15) is 21.0 Å². The molecule has 32 heavy (non-hydrogen) atoms. The van der Waals surface area contributed by atoms with E-state index in [2.05, 4.69) is 44.2 Å². The van der Waals surface area contributed by atoms with Gasteiger partial charge in [-0.2, -0.15) is 21.0 Å². The third-order valence-corrected chi connectivity index (χ3v) is 5.20. The Labute approximate surface area is 181 Å². The number of rotatable bonds is 0. The van der Waals surface area contributed by atoms with Crippen LogP contribution in [0.25, 0.3) is 46.4 Å². The topological polar surface area (TPSA) is 153 Å². The maximum atomic E-state index is 9.77. The number of nitriles is 4. The number of fused-ring (bicyclic) bond motifs is 8. The van der Waals surface area contributed by atoms with E-state index < -0.39 is 0 Å². The number of nitrogens with one attached hydrogen (secondary N) is 2. The van der Waals surface area contributed by atoms with Gasteiger partial charge in [0.2, 0.25) is 0 Å². The number of hydrogen-bond donors (Lipinski definition) is 2. The van der Waals surface area contributed by atoms with Crippen molar-refractivity contribution in [2.75, 3.05) is 0 Å². The van der Waals surface area contributed by atoms with Crippen LogP contribution < -0.4 is 0 Å². The van der Waals surface area contributed by atoms with Gasteiger partial charge in [-0.05, 0) is 48.6 Å². The van der Waals surface area contributed by atoms with Crippen molar-refractivity contribution in [2.45, 2.75) is 0 Å². The summed E-state index contributed by atoms with van der Waals surface area (Å²) in [6, 6.07) is 15.4. The first-order valence-electron chi connectivity index (χ1n) is 9.43. The smallest absolute Gasteiger partial charge is 0.104 e. The van der Waals surface area contributed by atoms with E-state index in [4.69, 9.17) is 0 Å². The van der Waals surface area contributed by atoms with Crippen LogP contribution in [0.15, 0.2) is 24.3 Å². The highest BCUT2D eigenvalue weighted by Gasteiger charge is 2.15. The van der Waals surface area contributed by atoms with Gasteiger partial charge in [-0.15, -0.1) is 0 Å². The lowest BCUT2D eigenvalue weighted by Crippen LogP contribution is -1.88. The monoisotopic (exact) mass is 410 g/mol. The van der Waals surface area contributed by atoms with Crippen LogP contribution in [0.2, 0.25) is 0 Å². The highest BCUT2D eigenvalue weighted by Crippen LogP contribution is 2.25. The van der Waals surface area contributed by atoms with Crippen LogP contribution in [-0.4, -0.2) is 19.9 Å². The van der Waals surface area contributed by atoms with Crippen molar-refractivity contribution >= 4 is 46.4 Å². The standard InChI is InChI=1S/C24H10N8/c25-9-13-17-1-2-18(29-17)14(10-26)20-5-6-22(31-20)16(12-28)24-8-7-23(32-24)15(11-27)21-4-3-19(13)30-21/h1-8,29,32H. The molecule has 3 aromatic rings. The zero-order valence-corrected chi connectivity index (χ0v) is 16.3. The van der Waals surface area contributed by atoms with E-state index in [0.717, 1.165) is 0 Å². The van der Waals surface area contributed by atoms with Gasteiger partial charge in [0, 0.05) is 0 Å². The summed E-state index contributed by atoms with van der Waals surface area (Å²) in [6.45, 7) is 0. The Morgan fingerprint density at radius 3 is 0.938 bits per heavy atom. The fraction of sp³-hybridized carbons (Fsp3) is 0. The van der Waals surface area contributed by atoms with Gasteiger partial charge in [0.25, 0.3) is 0 Å². The van der Waals surface area contributed by atoms with Crippen LogP contribution >= 0.6 is 0 Å². The predicted octanol–water partition coefficient (Wildman–Crippen LogP) is 4.14. The van der Waals surface area contributed by atoms with Crippen molar-refractivity contribution < 1.29 is 0 Å². The zero-order chi connectivity index (χ0) is 22.2. The van der Waals surface area contributed by atoms with E-state index in [0.29, 0.717) is 44.8 Å². The molecule has 2 aliphatic heterocycles. The second-order valence-electron chi connectivity index (χ2n) is 6.95. The first-order chi connectivity index (χ1) is 15.7. The Hall–Kier alpha value is -5.44. The van der Waals surface area contributed by atoms with Crippen molar-refractivity contribution in [1.29, 1.82) is 21.0 Å². The summed E-state index contributed by atoms with van der Waals surface area (Å²) in [4.78, 5) is 15.2. The van der Waals surface area contributed by atoms with Crippen LogP contribution in [0.3, 0.4) is 0 Å². The summed E-state index contributed by atoms with van der Waals surface area (Å²) in [5.41, 5.74) is 4.71. The summed E-state index contributed by atoms with van der Waals surface area (Å²) in [5, 5.41) is 39.1. The molecule has 3 aromatic heterocycles. The maximum absolute atomic E-state index is 9.77. The molecule has 2 aliphatic rings. The minimum Gasteiger partial charge on any atom is -0.353 e. The van der Waals surface area contributed by atoms with E-state index in [-0.39, 0.29) is 22.3 Å². The molecule has 8 nitrogen and oxygen atoms in total. The van der Waals surface area contributed by atoms with Crippen LogP contribution in [0.4, 0.5) is 0 Å². The molecule has 0 radical (unpaired) electrons. The number of aromatic amines is 2. The molecular formula is C24H10N8. The first kappa shape index (κ1) is 18.6. The lowest BCUT2D eigenvalue weighted by Gasteiger charge is -1.94. The Balaban J connectivity index is 2.04. The van der Waals surface area contributed by atoms with Crippen LogP contribution in [-0.2, 0) is 0 Å². The molecule has 8 bridgehead atoms. The number of H-pyrrole nitrogens is 2. The average Bonchev–Trinajstić information content (AvgIpc) is 3.59. The van der Waals surface area contributed by atoms with E-state index in [1.54, 1.807) is 48.6 Å². The Morgan fingerprint density at radius 1 is 0.469 bits per heavy atom. The van der Waals surface area contributed by atoms with Crippen LogP contribution in [0.1, 0.15) is 45.0 Å². The SMILES string of the molecule is N#Cc1c2nc(c(C#N)c3ccc([nH]3)c(C#N)c3nc(c(C#N)c4ccc1[nH]4)C=C3)C=C2. The fourth-order valence-electron chi connectivity index (χ4n) is 3.68. The lowest BCUT2D eigenvalue weighted by atomic mass is 10.2. The Bertz CT molecular complexity index is 1470.